The van der Waals surface area contributed by atoms with Crippen molar-refractivity contribution in [2.45, 2.75) is 297 Å². The molecule has 0 unspecified atom stereocenters. The first kappa shape index (κ1) is 62.4. The van der Waals surface area contributed by atoms with E-state index in [1.807, 2.05) is 0 Å². The number of ether oxygens (including phenoxy) is 3. The van der Waals surface area contributed by atoms with Gasteiger partial charge >= 0.3 is 17.9 Å². The molecule has 6 nitrogen and oxygen atoms in total. The standard InChI is InChI=1S/C59H106O6/c1-4-7-10-13-16-19-22-25-28-29-32-35-38-41-44-47-50-53-59(62)65-56(54-63-57(60)51-48-45-42-39-36-33-30-26-23-20-17-14-11-8-5-2)55-64-58(61)52-49-46-43-40-37-34-31-27-24-21-18-15-12-9-6-3/h16,19,25,28,32,35,41,44,56H,4-15,17-18,20-24,26-27,29-31,33-34,36-40,42-43,45-55H2,1-3H3/b19-16-,28-25-,35-32-,44-41-. The lowest BCUT2D eigenvalue weighted by atomic mass is 10.0. The topological polar surface area (TPSA) is 78.9 Å². The van der Waals surface area contributed by atoms with Crippen LogP contribution in [-0.4, -0.2) is 37.2 Å². The largest absolute Gasteiger partial charge is 0.462 e. The molecule has 0 amide bonds. The minimum Gasteiger partial charge on any atom is -0.462 e. The second-order valence-corrected chi connectivity index (χ2v) is 18.9. The third-order valence-electron chi connectivity index (χ3n) is 12.3. The predicted molar refractivity (Wildman–Crippen MR) is 279 cm³/mol. The second-order valence-electron chi connectivity index (χ2n) is 18.9. The Labute approximate surface area is 403 Å². The van der Waals surface area contributed by atoms with E-state index in [1.165, 1.54) is 180 Å². The molecule has 0 N–H and O–H groups in total. The van der Waals surface area contributed by atoms with Gasteiger partial charge in [-0.25, -0.2) is 0 Å². The third kappa shape index (κ3) is 52.2. The molecule has 0 fully saturated rings. The maximum Gasteiger partial charge on any atom is 0.306 e. The van der Waals surface area contributed by atoms with Crippen molar-refractivity contribution in [3.63, 3.8) is 0 Å². The minimum atomic E-state index is -0.797. The zero-order valence-electron chi connectivity index (χ0n) is 43.3. The number of carbonyl (C=O) groups excluding carboxylic acids is 3. The lowest BCUT2D eigenvalue weighted by Crippen LogP contribution is -2.30. The Morgan fingerprint density at radius 2 is 0.569 bits per heavy atom. The van der Waals surface area contributed by atoms with Crippen LogP contribution in [0.3, 0.4) is 0 Å². The summed E-state index contributed by atoms with van der Waals surface area (Å²) in [5.41, 5.74) is 0. The summed E-state index contributed by atoms with van der Waals surface area (Å²) >= 11 is 0. The van der Waals surface area contributed by atoms with Gasteiger partial charge in [-0.2, -0.15) is 0 Å². The van der Waals surface area contributed by atoms with Gasteiger partial charge in [-0.15, -0.1) is 0 Å². The summed E-state index contributed by atoms with van der Waals surface area (Å²) in [5.74, 6) is -0.932. The van der Waals surface area contributed by atoms with Gasteiger partial charge in [0, 0.05) is 19.3 Å². The van der Waals surface area contributed by atoms with Crippen LogP contribution in [-0.2, 0) is 28.6 Å². The average molecular weight is 911 g/mol. The van der Waals surface area contributed by atoms with Crippen LogP contribution in [0.15, 0.2) is 48.6 Å². The molecule has 0 aromatic carbocycles. The van der Waals surface area contributed by atoms with Crippen molar-refractivity contribution in [2.24, 2.45) is 0 Å². The molecule has 0 saturated heterocycles. The summed E-state index contributed by atoms with van der Waals surface area (Å²) in [5, 5.41) is 0. The van der Waals surface area contributed by atoms with E-state index in [0.29, 0.717) is 19.3 Å². The van der Waals surface area contributed by atoms with Gasteiger partial charge in [0.25, 0.3) is 0 Å². The molecule has 0 aromatic heterocycles. The summed E-state index contributed by atoms with van der Waals surface area (Å²) in [4.78, 5) is 38.1. The smallest absolute Gasteiger partial charge is 0.306 e. The molecule has 0 rings (SSSR count). The highest BCUT2D eigenvalue weighted by molar-refractivity contribution is 5.71. The second kappa shape index (κ2) is 54.0. The fourth-order valence-corrected chi connectivity index (χ4v) is 8.08. The third-order valence-corrected chi connectivity index (χ3v) is 12.3. The van der Waals surface area contributed by atoms with E-state index in [-0.39, 0.29) is 37.5 Å². The monoisotopic (exact) mass is 911 g/mol. The average Bonchev–Trinajstić information content (AvgIpc) is 3.30. The molecule has 0 bridgehead atoms. The van der Waals surface area contributed by atoms with E-state index in [2.05, 4.69) is 69.4 Å². The van der Waals surface area contributed by atoms with E-state index in [4.69, 9.17) is 14.2 Å². The van der Waals surface area contributed by atoms with Crippen LogP contribution in [0, 0.1) is 0 Å². The van der Waals surface area contributed by atoms with Gasteiger partial charge in [0.1, 0.15) is 13.2 Å². The first-order valence-electron chi connectivity index (χ1n) is 28.1. The SMILES string of the molecule is CCCCC/C=C\C/C=C\C/C=C\C/C=C\CCCC(=O)OC(COC(=O)CCCCCCCCCCCCCCCCC)COC(=O)CCCCCCCCCCCCCCCCC. The summed E-state index contributed by atoms with van der Waals surface area (Å²) in [7, 11) is 0. The maximum absolute atomic E-state index is 12.8. The lowest BCUT2D eigenvalue weighted by molar-refractivity contribution is -0.167. The van der Waals surface area contributed by atoms with Crippen LogP contribution in [0.2, 0.25) is 0 Å². The molecule has 6 heteroatoms. The first-order valence-corrected chi connectivity index (χ1v) is 28.1. The molecule has 378 valence electrons. The summed E-state index contributed by atoms with van der Waals surface area (Å²) < 4.78 is 16.8. The summed E-state index contributed by atoms with van der Waals surface area (Å²) in [6.45, 7) is 6.60. The van der Waals surface area contributed by atoms with E-state index in [9.17, 15) is 14.4 Å². The first-order chi connectivity index (χ1) is 32.0. The molecule has 0 aliphatic carbocycles. The molecule has 0 saturated carbocycles. The number of hydrogen-bond acceptors (Lipinski definition) is 6. The number of allylic oxidation sites excluding steroid dienone is 8. The van der Waals surface area contributed by atoms with Crippen molar-refractivity contribution in [1.29, 1.82) is 0 Å². The minimum absolute atomic E-state index is 0.0905. The van der Waals surface area contributed by atoms with Gasteiger partial charge in [-0.1, -0.05) is 262 Å². The van der Waals surface area contributed by atoms with Gasteiger partial charge in [0.15, 0.2) is 6.10 Å². The van der Waals surface area contributed by atoms with Crippen LogP contribution in [0.1, 0.15) is 290 Å². The molecular weight excluding hydrogens is 805 g/mol. The molecule has 0 aliphatic rings. The quantitative estimate of drug-likeness (QED) is 0.0262. The Bertz CT molecular complexity index is 1090. The maximum atomic E-state index is 12.8. The zero-order chi connectivity index (χ0) is 47.2. The van der Waals surface area contributed by atoms with E-state index < -0.39 is 6.10 Å². The fraction of sp³-hybridized carbons (Fsp3) is 0.814. The van der Waals surface area contributed by atoms with Crippen molar-refractivity contribution in [3.05, 3.63) is 48.6 Å². The molecule has 0 radical (unpaired) electrons. The highest BCUT2D eigenvalue weighted by Gasteiger charge is 2.19. The Balaban J connectivity index is 4.43. The number of carbonyl (C=O) groups is 3. The Morgan fingerprint density at radius 1 is 0.308 bits per heavy atom. The van der Waals surface area contributed by atoms with Crippen molar-refractivity contribution >= 4 is 17.9 Å². The fourth-order valence-electron chi connectivity index (χ4n) is 8.08. The Kier molecular flexibility index (Phi) is 51.8. The molecule has 65 heavy (non-hydrogen) atoms. The molecule has 0 atom stereocenters. The van der Waals surface area contributed by atoms with Crippen molar-refractivity contribution in [3.8, 4) is 0 Å². The molecule has 0 heterocycles. The predicted octanol–water partition coefficient (Wildman–Crippen LogP) is 18.7. The van der Waals surface area contributed by atoms with Crippen LogP contribution >= 0.6 is 0 Å². The summed E-state index contributed by atoms with van der Waals surface area (Å²) in [6, 6.07) is 0. The molecule has 0 aromatic rings. The normalized spacial score (nSPS) is 11.9. The molecule has 0 aliphatic heterocycles. The van der Waals surface area contributed by atoms with Gasteiger partial charge in [0.2, 0.25) is 0 Å². The van der Waals surface area contributed by atoms with E-state index in [1.54, 1.807) is 0 Å². The van der Waals surface area contributed by atoms with E-state index >= 15 is 0 Å². The van der Waals surface area contributed by atoms with Crippen LogP contribution in [0.25, 0.3) is 0 Å². The van der Waals surface area contributed by atoms with Gasteiger partial charge in [-0.05, 0) is 57.8 Å². The number of rotatable bonds is 51. The summed E-state index contributed by atoms with van der Waals surface area (Å²) in [6.07, 6.45) is 65.3. The van der Waals surface area contributed by atoms with Gasteiger partial charge < -0.3 is 14.2 Å². The zero-order valence-corrected chi connectivity index (χ0v) is 43.3. The molecular formula is C59H106O6. The Hall–Kier alpha value is -2.63. The van der Waals surface area contributed by atoms with E-state index in [0.717, 1.165) is 64.2 Å². The van der Waals surface area contributed by atoms with Crippen molar-refractivity contribution < 1.29 is 28.6 Å². The van der Waals surface area contributed by atoms with Crippen molar-refractivity contribution in [1.82, 2.24) is 0 Å². The van der Waals surface area contributed by atoms with Gasteiger partial charge in [-0.3, -0.25) is 14.4 Å². The number of unbranched alkanes of at least 4 members (excludes halogenated alkanes) is 32. The van der Waals surface area contributed by atoms with Crippen LogP contribution in [0.4, 0.5) is 0 Å². The Morgan fingerprint density at radius 3 is 0.908 bits per heavy atom. The van der Waals surface area contributed by atoms with Crippen molar-refractivity contribution in [2.75, 3.05) is 13.2 Å². The van der Waals surface area contributed by atoms with Crippen LogP contribution < -0.4 is 0 Å². The number of hydrogen-bond donors (Lipinski definition) is 0. The highest BCUT2D eigenvalue weighted by atomic mass is 16.6. The lowest BCUT2D eigenvalue weighted by Gasteiger charge is -2.18. The highest BCUT2D eigenvalue weighted by Crippen LogP contribution is 2.16. The number of esters is 3. The molecule has 0 spiro atoms. The van der Waals surface area contributed by atoms with Gasteiger partial charge in [0.05, 0.1) is 0 Å². The van der Waals surface area contributed by atoms with Crippen LogP contribution in [0.5, 0.6) is 0 Å².